The van der Waals surface area contributed by atoms with Crippen molar-refractivity contribution in [3.05, 3.63) is 105 Å². The lowest BCUT2D eigenvalue weighted by atomic mass is 9.87. The van der Waals surface area contributed by atoms with Gasteiger partial charge < -0.3 is 14.8 Å². The molecule has 2 unspecified atom stereocenters. The quantitative estimate of drug-likeness (QED) is 0.401. The molecule has 152 valence electrons. The molecule has 0 saturated heterocycles. The Labute approximate surface area is 178 Å². The molecule has 5 rings (SSSR count). The van der Waals surface area contributed by atoms with Crippen molar-refractivity contribution in [3.63, 3.8) is 0 Å². The van der Waals surface area contributed by atoms with Gasteiger partial charge in [-0.1, -0.05) is 30.3 Å². The first-order chi connectivity index (χ1) is 14.6. The minimum absolute atomic E-state index is 0.160. The van der Waals surface area contributed by atoms with Crippen LogP contribution in [-0.4, -0.2) is 22.8 Å². The summed E-state index contributed by atoms with van der Waals surface area (Å²) in [4.78, 5) is 3.48. The normalized spacial score (nSPS) is 17.7. The average molecular weight is 420 g/mol. The lowest BCUT2D eigenvalue weighted by Gasteiger charge is -2.18. The Morgan fingerprint density at radius 2 is 2.03 bits per heavy atom. The zero-order valence-corrected chi connectivity index (χ0v) is 17.4. The van der Waals surface area contributed by atoms with Gasteiger partial charge in [-0.3, -0.25) is 0 Å². The van der Waals surface area contributed by atoms with E-state index in [4.69, 9.17) is 4.74 Å². The van der Waals surface area contributed by atoms with E-state index in [9.17, 15) is 9.50 Å². The Kier molecular flexibility index (Phi) is 4.93. The summed E-state index contributed by atoms with van der Waals surface area (Å²) in [5, 5.41) is 16.1. The van der Waals surface area contributed by atoms with Crippen molar-refractivity contribution >= 4 is 22.2 Å². The summed E-state index contributed by atoms with van der Waals surface area (Å²) < 4.78 is 19.9. The van der Waals surface area contributed by atoms with Crippen LogP contribution in [0.3, 0.4) is 0 Å². The molecule has 0 amide bonds. The molecule has 2 atom stereocenters. The van der Waals surface area contributed by atoms with Crippen LogP contribution in [0.5, 0.6) is 0 Å². The van der Waals surface area contributed by atoms with Crippen LogP contribution in [0.25, 0.3) is 10.9 Å². The number of halogens is 1. The van der Waals surface area contributed by atoms with E-state index >= 15 is 0 Å². The third-order valence-corrected chi connectivity index (χ3v) is 6.61. The highest BCUT2D eigenvalue weighted by atomic mass is 32.1. The van der Waals surface area contributed by atoms with Crippen molar-refractivity contribution in [3.8, 4) is 0 Å². The van der Waals surface area contributed by atoms with Crippen LogP contribution < -0.4 is 0 Å². The highest BCUT2D eigenvalue weighted by Gasteiger charge is 2.34. The molecule has 0 spiro atoms. The predicted molar refractivity (Wildman–Crippen MR) is 119 cm³/mol. The Balaban J connectivity index is 1.58. The van der Waals surface area contributed by atoms with Gasteiger partial charge in [0.15, 0.2) is 0 Å². The average Bonchev–Trinajstić information content (AvgIpc) is 3.47. The summed E-state index contributed by atoms with van der Waals surface area (Å²) in [5.74, 6) is -0.107. The number of aliphatic hydroxyl groups is 1. The number of nitrogens with one attached hydrogen (secondary N) is 1. The van der Waals surface area contributed by atoms with E-state index in [0.29, 0.717) is 18.8 Å². The maximum Gasteiger partial charge on any atom is 0.124 e. The summed E-state index contributed by atoms with van der Waals surface area (Å²) in [6.45, 7) is 2.37. The van der Waals surface area contributed by atoms with Gasteiger partial charge in [0.1, 0.15) is 17.7 Å². The largest absolute Gasteiger partial charge is 0.509 e. The molecule has 3 heterocycles. The topological polar surface area (TPSA) is 45.2 Å². The number of benzene rings is 2. The van der Waals surface area contributed by atoms with Gasteiger partial charge in [0.25, 0.3) is 0 Å². The third kappa shape index (κ3) is 3.34. The molecule has 0 saturated carbocycles. The second-order valence-electron chi connectivity index (χ2n) is 7.74. The van der Waals surface area contributed by atoms with Crippen molar-refractivity contribution in [1.82, 2.24) is 4.98 Å². The van der Waals surface area contributed by atoms with Gasteiger partial charge in [-0.25, -0.2) is 4.39 Å². The predicted octanol–water partition coefficient (Wildman–Crippen LogP) is 6.26. The summed E-state index contributed by atoms with van der Waals surface area (Å²) in [5.41, 5.74) is 5.95. The van der Waals surface area contributed by atoms with Crippen LogP contribution in [-0.2, 0) is 11.2 Å². The highest BCUT2D eigenvalue weighted by molar-refractivity contribution is 7.08. The van der Waals surface area contributed by atoms with E-state index in [0.717, 1.165) is 38.9 Å². The first-order valence-electron chi connectivity index (χ1n) is 9.99. The van der Waals surface area contributed by atoms with E-state index in [-0.39, 0.29) is 17.8 Å². The number of ether oxygens (including phenoxy) is 1. The number of fused-ring (bicyclic) bond motifs is 1. The van der Waals surface area contributed by atoms with Crippen molar-refractivity contribution < 1.29 is 14.2 Å². The molecule has 4 aromatic rings. The lowest BCUT2D eigenvalue weighted by Crippen LogP contribution is -2.13. The first kappa shape index (κ1) is 19.1. The molecule has 0 bridgehead atoms. The number of aliphatic hydroxyl groups excluding tert-OH is 1. The minimum atomic E-state index is -0.356. The van der Waals surface area contributed by atoms with Gasteiger partial charge in [-0.15, -0.1) is 0 Å². The van der Waals surface area contributed by atoms with Crippen molar-refractivity contribution in [1.29, 1.82) is 0 Å². The van der Waals surface area contributed by atoms with Crippen LogP contribution in [0.1, 0.15) is 28.3 Å². The molecule has 0 fully saturated rings. The van der Waals surface area contributed by atoms with Crippen LogP contribution in [0.2, 0.25) is 0 Å². The van der Waals surface area contributed by atoms with Crippen LogP contribution in [0, 0.1) is 12.7 Å². The molecule has 1 aliphatic heterocycles. The summed E-state index contributed by atoms with van der Waals surface area (Å²) in [6.07, 6.45) is 0.273. The molecule has 2 N–H and O–H groups in total. The zero-order valence-electron chi connectivity index (χ0n) is 16.6. The minimum Gasteiger partial charge on any atom is -0.509 e. The number of aromatic amines is 1. The number of thiophene rings is 1. The van der Waals surface area contributed by atoms with Crippen molar-refractivity contribution in [2.75, 3.05) is 6.61 Å². The zero-order chi connectivity index (χ0) is 20.7. The molecule has 2 aromatic heterocycles. The molecule has 5 heteroatoms. The number of rotatable bonds is 5. The molecule has 2 aromatic carbocycles. The Hall–Kier alpha value is -2.89. The Morgan fingerprint density at radius 1 is 1.20 bits per heavy atom. The molecule has 0 aliphatic carbocycles. The molecule has 3 nitrogen and oxygen atoms in total. The molecule has 0 radical (unpaired) electrons. The van der Waals surface area contributed by atoms with Crippen molar-refractivity contribution in [2.45, 2.75) is 25.4 Å². The molecular weight excluding hydrogens is 397 g/mol. The molecular formula is C25H22FNO2S. The standard InChI is InChI=1S/C25H22FNO2S/c1-15-19-12-18(26)7-8-21(19)27-24(15)23(17-9-10-30-14-17)20-13-29-22(25(20)28)11-16-5-3-2-4-6-16/h2-10,12,14,22-23,27-28H,11,13H2,1H3. The van der Waals surface area contributed by atoms with Gasteiger partial charge >= 0.3 is 0 Å². The van der Waals surface area contributed by atoms with E-state index in [2.05, 4.69) is 16.4 Å². The second kappa shape index (κ2) is 7.74. The van der Waals surface area contributed by atoms with E-state index in [1.54, 1.807) is 23.5 Å². The maximum absolute atomic E-state index is 13.8. The SMILES string of the molecule is Cc1c(C(C2=C(O)C(Cc3ccccc3)OC2)c2ccsc2)[nH]c2ccc(F)cc12. The fourth-order valence-corrected chi connectivity index (χ4v) is 5.04. The van der Waals surface area contributed by atoms with Crippen LogP contribution in [0.4, 0.5) is 4.39 Å². The third-order valence-electron chi connectivity index (χ3n) is 5.91. The second-order valence-corrected chi connectivity index (χ2v) is 8.52. The van der Waals surface area contributed by atoms with E-state index in [1.165, 1.54) is 6.07 Å². The van der Waals surface area contributed by atoms with Crippen LogP contribution in [0.15, 0.2) is 76.7 Å². The van der Waals surface area contributed by atoms with E-state index in [1.807, 2.05) is 42.6 Å². The number of hydrogen-bond acceptors (Lipinski definition) is 3. The van der Waals surface area contributed by atoms with Gasteiger partial charge in [0, 0.05) is 28.6 Å². The van der Waals surface area contributed by atoms with Gasteiger partial charge in [-0.05, 0) is 58.6 Å². The lowest BCUT2D eigenvalue weighted by molar-refractivity contribution is 0.0949. The van der Waals surface area contributed by atoms with Crippen molar-refractivity contribution in [2.24, 2.45) is 0 Å². The number of H-pyrrole nitrogens is 1. The first-order valence-corrected chi connectivity index (χ1v) is 10.9. The highest BCUT2D eigenvalue weighted by Crippen LogP contribution is 2.41. The van der Waals surface area contributed by atoms with Gasteiger partial charge in [-0.2, -0.15) is 11.3 Å². The number of aryl methyl sites for hydroxylation is 1. The number of aromatic nitrogens is 1. The molecule has 1 aliphatic rings. The van der Waals surface area contributed by atoms with Gasteiger partial charge in [0.2, 0.25) is 0 Å². The summed E-state index contributed by atoms with van der Waals surface area (Å²) >= 11 is 1.62. The molecule has 30 heavy (non-hydrogen) atoms. The number of hydrogen-bond donors (Lipinski definition) is 2. The fraction of sp³-hybridized carbons (Fsp3) is 0.200. The Bertz CT molecular complexity index is 1210. The van der Waals surface area contributed by atoms with Gasteiger partial charge in [0.05, 0.1) is 12.5 Å². The van der Waals surface area contributed by atoms with Crippen LogP contribution >= 0.6 is 11.3 Å². The maximum atomic E-state index is 13.8. The fourth-order valence-electron chi connectivity index (χ4n) is 4.35. The smallest absolute Gasteiger partial charge is 0.124 e. The van der Waals surface area contributed by atoms with E-state index < -0.39 is 0 Å². The Morgan fingerprint density at radius 3 is 2.80 bits per heavy atom. The summed E-state index contributed by atoms with van der Waals surface area (Å²) in [7, 11) is 0. The summed E-state index contributed by atoms with van der Waals surface area (Å²) in [6, 6.07) is 16.9. The monoisotopic (exact) mass is 419 g/mol.